The fraction of sp³-hybridized carbons (Fsp3) is 0.250. The first-order valence-electron chi connectivity index (χ1n) is 5.30. The van der Waals surface area contributed by atoms with E-state index in [0.29, 0.717) is 17.5 Å². The number of aliphatic hydroxyl groups is 1. The number of aliphatic hydroxyl groups excluding tert-OH is 1. The Kier molecular flexibility index (Phi) is 4.27. The zero-order valence-electron chi connectivity index (χ0n) is 9.73. The van der Waals surface area contributed by atoms with Gasteiger partial charge >= 0.3 is 0 Å². The topological polar surface area (TPSA) is 47.3 Å². The van der Waals surface area contributed by atoms with E-state index in [0.717, 1.165) is 15.9 Å². The zero-order chi connectivity index (χ0) is 13.1. The molecule has 96 valence electrons. The minimum Gasteiger partial charge on any atom is -0.485 e. The van der Waals surface area contributed by atoms with Gasteiger partial charge in [-0.3, -0.25) is 0 Å². The lowest BCUT2D eigenvalue weighted by Crippen LogP contribution is -2.05. The standard InChI is InChI=1S/C12H12BrClN2O2/c1-16-11(14)5-15-12(16)7-18-10-3-2-9(13)4-8(10)6-17/h2-5,17H,6-7H2,1H3. The molecule has 0 amide bonds. The molecule has 0 spiro atoms. The number of hydrogen-bond acceptors (Lipinski definition) is 3. The summed E-state index contributed by atoms with van der Waals surface area (Å²) in [5, 5.41) is 9.82. The molecule has 0 atom stereocenters. The van der Waals surface area contributed by atoms with Crippen LogP contribution in [0.5, 0.6) is 5.75 Å². The Morgan fingerprint density at radius 2 is 2.28 bits per heavy atom. The van der Waals surface area contributed by atoms with Crippen LogP contribution in [0.4, 0.5) is 0 Å². The Morgan fingerprint density at radius 3 is 2.89 bits per heavy atom. The van der Waals surface area contributed by atoms with Crippen molar-refractivity contribution in [2.75, 3.05) is 0 Å². The molecule has 0 aliphatic carbocycles. The molecule has 0 unspecified atom stereocenters. The van der Waals surface area contributed by atoms with E-state index in [4.69, 9.17) is 16.3 Å². The molecule has 1 heterocycles. The van der Waals surface area contributed by atoms with Crippen LogP contribution in [0.1, 0.15) is 11.4 Å². The second-order valence-electron chi connectivity index (χ2n) is 3.76. The van der Waals surface area contributed by atoms with Crippen LogP contribution in [0, 0.1) is 0 Å². The van der Waals surface area contributed by atoms with Gasteiger partial charge in [-0.2, -0.15) is 0 Å². The number of nitrogens with zero attached hydrogens (tertiary/aromatic N) is 2. The normalized spacial score (nSPS) is 10.7. The molecule has 1 aromatic carbocycles. The molecule has 0 aliphatic heterocycles. The minimum absolute atomic E-state index is 0.0733. The molecule has 2 rings (SSSR count). The maximum absolute atomic E-state index is 9.26. The van der Waals surface area contributed by atoms with Crippen LogP contribution >= 0.6 is 27.5 Å². The molecular weight excluding hydrogens is 320 g/mol. The second kappa shape index (κ2) is 5.73. The number of aromatic nitrogens is 2. The summed E-state index contributed by atoms with van der Waals surface area (Å²) in [7, 11) is 1.82. The first-order valence-corrected chi connectivity index (χ1v) is 6.47. The first-order chi connectivity index (χ1) is 8.61. The van der Waals surface area contributed by atoms with E-state index >= 15 is 0 Å². The van der Waals surface area contributed by atoms with Crippen molar-refractivity contribution in [1.29, 1.82) is 0 Å². The summed E-state index contributed by atoms with van der Waals surface area (Å²) in [6.07, 6.45) is 1.58. The number of hydrogen-bond donors (Lipinski definition) is 1. The van der Waals surface area contributed by atoms with Gasteiger partial charge in [-0.05, 0) is 18.2 Å². The molecule has 18 heavy (non-hydrogen) atoms. The average molecular weight is 332 g/mol. The summed E-state index contributed by atoms with van der Waals surface area (Å²) in [6.45, 7) is 0.230. The molecule has 0 saturated heterocycles. The highest BCUT2D eigenvalue weighted by atomic mass is 79.9. The lowest BCUT2D eigenvalue weighted by molar-refractivity contribution is 0.254. The fourth-order valence-electron chi connectivity index (χ4n) is 1.51. The quantitative estimate of drug-likeness (QED) is 0.937. The highest BCUT2D eigenvalue weighted by molar-refractivity contribution is 9.10. The molecule has 0 fully saturated rings. The van der Waals surface area contributed by atoms with Gasteiger partial charge in [0, 0.05) is 17.1 Å². The zero-order valence-corrected chi connectivity index (χ0v) is 12.1. The van der Waals surface area contributed by atoms with Crippen LogP contribution in [0.3, 0.4) is 0 Å². The molecule has 4 nitrogen and oxygen atoms in total. The van der Waals surface area contributed by atoms with E-state index < -0.39 is 0 Å². The molecule has 6 heteroatoms. The molecule has 2 aromatic rings. The molecule has 0 bridgehead atoms. The Bertz CT molecular complexity index is 557. The van der Waals surface area contributed by atoms with Crippen molar-refractivity contribution in [2.24, 2.45) is 7.05 Å². The highest BCUT2D eigenvalue weighted by Gasteiger charge is 2.08. The molecule has 0 saturated carbocycles. The van der Waals surface area contributed by atoms with E-state index in [1.807, 2.05) is 19.2 Å². The largest absolute Gasteiger partial charge is 0.485 e. The Hall–Kier alpha value is -1.04. The lowest BCUT2D eigenvalue weighted by Gasteiger charge is -2.10. The van der Waals surface area contributed by atoms with E-state index in [-0.39, 0.29) is 6.61 Å². The highest BCUT2D eigenvalue weighted by Crippen LogP contribution is 2.24. The molecule has 1 aromatic heterocycles. The minimum atomic E-state index is -0.0733. The summed E-state index contributed by atoms with van der Waals surface area (Å²) in [4.78, 5) is 4.14. The number of ether oxygens (including phenoxy) is 1. The first kappa shape index (κ1) is 13.4. The maximum Gasteiger partial charge on any atom is 0.147 e. The summed E-state index contributed by atoms with van der Waals surface area (Å²) in [5.41, 5.74) is 0.727. The van der Waals surface area contributed by atoms with Crippen LogP contribution in [-0.4, -0.2) is 14.7 Å². The van der Waals surface area contributed by atoms with Crippen molar-refractivity contribution >= 4 is 27.5 Å². The monoisotopic (exact) mass is 330 g/mol. The average Bonchev–Trinajstić information content (AvgIpc) is 2.68. The van der Waals surface area contributed by atoms with Crippen LogP contribution in [0.2, 0.25) is 5.15 Å². The number of imidazole rings is 1. The Labute approximate surface area is 118 Å². The maximum atomic E-state index is 9.26. The van der Waals surface area contributed by atoms with E-state index in [1.54, 1.807) is 16.8 Å². The molecule has 0 aliphatic rings. The summed E-state index contributed by atoms with van der Waals surface area (Å²) in [6, 6.07) is 5.49. The van der Waals surface area contributed by atoms with Crippen molar-refractivity contribution < 1.29 is 9.84 Å². The fourth-order valence-corrected chi connectivity index (χ4v) is 2.07. The lowest BCUT2D eigenvalue weighted by atomic mass is 10.2. The smallest absolute Gasteiger partial charge is 0.147 e. The molecule has 0 radical (unpaired) electrons. The predicted molar refractivity (Wildman–Crippen MR) is 72.6 cm³/mol. The Morgan fingerprint density at radius 1 is 1.50 bits per heavy atom. The SMILES string of the molecule is Cn1c(Cl)cnc1COc1ccc(Br)cc1CO. The number of benzene rings is 1. The van der Waals surface area contributed by atoms with Crippen molar-refractivity contribution in [3.8, 4) is 5.75 Å². The molecule has 1 N–H and O–H groups in total. The van der Waals surface area contributed by atoms with Gasteiger partial charge in [0.1, 0.15) is 23.3 Å². The van der Waals surface area contributed by atoms with Gasteiger partial charge < -0.3 is 14.4 Å². The van der Waals surface area contributed by atoms with E-state index in [9.17, 15) is 5.11 Å². The molecular formula is C12H12BrClN2O2. The van der Waals surface area contributed by atoms with E-state index in [1.165, 1.54) is 0 Å². The third-order valence-corrected chi connectivity index (χ3v) is 3.42. The van der Waals surface area contributed by atoms with Crippen LogP contribution in [0.25, 0.3) is 0 Å². The summed E-state index contributed by atoms with van der Waals surface area (Å²) in [5.74, 6) is 1.37. The number of rotatable bonds is 4. The van der Waals surface area contributed by atoms with Crippen LogP contribution in [0.15, 0.2) is 28.9 Å². The van der Waals surface area contributed by atoms with Crippen LogP contribution in [-0.2, 0) is 20.3 Å². The summed E-state index contributed by atoms with van der Waals surface area (Å²) < 4.78 is 8.29. The van der Waals surface area contributed by atoms with Gasteiger partial charge in [0.15, 0.2) is 0 Å². The number of halogens is 2. The predicted octanol–water partition coefficient (Wildman–Crippen LogP) is 2.91. The van der Waals surface area contributed by atoms with Gasteiger partial charge in [-0.15, -0.1) is 0 Å². The Balaban J connectivity index is 2.13. The van der Waals surface area contributed by atoms with Gasteiger partial charge in [0.25, 0.3) is 0 Å². The third kappa shape index (κ3) is 2.85. The second-order valence-corrected chi connectivity index (χ2v) is 5.06. The van der Waals surface area contributed by atoms with Crippen molar-refractivity contribution in [3.05, 3.63) is 45.4 Å². The van der Waals surface area contributed by atoms with Crippen molar-refractivity contribution in [1.82, 2.24) is 9.55 Å². The third-order valence-electron chi connectivity index (χ3n) is 2.58. The van der Waals surface area contributed by atoms with Gasteiger partial charge in [0.05, 0.1) is 12.8 Å². The van der Waals surface area contributed by atoms with E-state index in [2.05, 4.69) is 20.9 Å². The van der Waals surface area contributed by atoms with Crippen LogP contribution < -0.4 is 4.74 Å². The van der Waals surface area contributed by atoms with Gasteiger partial charge in [-0.1, -0.05) is 27.5 Å². The van der Waals surface area contributed by atoms with Gasteiger partial charge in [-0.25, -0.2) is 4.98 Å². The van der Waals surface area contributed by atoms with Crippen molar-refractivity contribution in [2.45, 2.75) is 13.2 Å². The van der Waals surface area contributed by atoms with Crippen molar-refractivity contribution in [3.63, 3.8) is 0 Å². The summed E-state index contributed by atoms with van der Waals surface area (Å²) >= 11 is 9.24. The van der Waals surface area contributed by atoms with Gasteiger partial charge in [0.2, 0.25) is 0 Å².